The Labute approximate surface area is 179 Å². The number of aromatic nitrogens is 3. The fourth-order valence-electron chi connectivity index (χ4n) is 3.67. The standard InChI is InChI=1S/C20H23N5O3S2/c26-19(25-13-2-1-4-17(25)9-14-24-12-3-10-22-24)16-5-7-18(8-6-16)30(27,28)23-20-21-11-15-29-20/h3,5-8,10-12,15,17H,1-2,4,9,13-14H2,(H,21,23). The minimum absolute atomic E-state index is 0.0583. The van der Waals surface area contributed by atoms with Crippen molar-refractivity contribution < 1.29 is 13.2 Å². The van der Waals surface area contributed by atoms with Crippen LogP contribution in [0.1, 0.15) is 36.0 Å². The number of anilines is 1. The smallest absolute Gasteiger partial charge is 0.263 e. The van der Waals surface area contributed by atoms with Crippen LogP contribution in [-0.2, 0) is 16.6 Å². The van der Waals surface area contributed by atoms with Crippen LogP contribution < -0.4 is 4.72 Å². The van der Waals surface area contributed by atoms with Crippen molar-refractivity contribution in [3.05, 3.63) is 59.9 Å². The summed E-state index contributed by atoms with van der Waals surface area (Å²) in [6.07, 6.45) is 9.11. The molecule has 1 amide bonds. The van der Waals surface area contributed by atoms with Crippen molar-refractivity contribution in [2.45, 2.75) is 43.2 Å². The number of sulfonamides is 1. The molecule has 30 heavy (non-hydrogen) atoms. The molecule has 0 bridgehead atoms. The zero-order chi connectivity index (χ0) is 21.0. The maximum Gasteiger partial charge on any atom is 0.263 e. The summed E-state index contributed by atoms with van der Waals surface area (Å²) in [6, 6.07) is 8.14. The first-order chi connectivity index (χ1) is 14.5. The first-order valence-corrected chi connectivity index (χ1v) is 12.2. The van der Waals surface area contributed by atoms with Crippen LogP contribution in [0.15, 0.2) is 59.2 Å². The number of amides is 1. The number of likely N-dealkylation sites (tertiary alicyclic amines) is 1. The van der Waals surface area contributed by atoms with Crippen LogP contribution in [0.4, 0.5) is 5.13 Å². The lowest BCUT2D eigenvalue weighted by Gasteiger charge is -2.36. The minimum atomic E-state index is -3.73. The molecule has 0 radical (unpaired) electrons. The third-order valence-corrected chi connectivity index (χ3v) is 7.38. The van der Waals surface area contributed by atoms with Gasteiger partial charge in [0, 0.05) is 48.7 Å². The number of nitrogens with zero attached hydrogens (tertiary/aromatic N) is 4. The number of rotatable bonds is 7. The predicted molar refractivity (Wildman–Crippen MR) is 115 cm³/mol. The van der Waals surface area contributed by atoms with E-state index in [1.807, 2.05) is 21.8 Å². The number of nitrogens with one attached hydrogen (secondary N) is 1. The molecule has 10 heteroatoms. The van der Waals surface area contributed by atoms with Crippen molar-refractivity contribution in [1.82, 2.24) is 19.7 Å². The van der Waals surface area contributed by atoms with Crippen LogP contribution in [0.5, 0.6) is 0 Å². The number of hydrogen-bond acceptors (Lipinski definition) is 6. The van der Waals surface area contributed by atoms with E-state index in [1.54, 1.807) is 23.7 Å². The van der Waals surface area contributed by atoms with E-state index in [9.17, 15) is 13.2 Å². The van der Waals surface area contributed by atoms with Crippen LogP contribution in [0.3, 0.4) is 0 Å². The molecular formula is C20H23N5O3S2. The van der Waals surface area contributed by atoms with Crippen LogP contribution >= 0.6 is 11.3 Å². The van der Waals surface area contributed by atoms with Gasteiger partial charge in [0.1, 0.15) is 0 Å². The second kappa shape index (κ2) is 8.97. The van der Waals surface area contributed by atoms with Crippen molar-refractivity contribution >= 4 is 32.4 Å². The molecule has 0 saturated carbocycles. The van der Waals surface area contributed by atoms with E-state index in [4.69, 9.17) is 0 Å². The van der Waals surface area contributed by atoms with Gasteiger partial charge in [0.25, 0.3) is 15.9 Å². The number of carbonyl (C=O) groups is 1. The first kappa shape index (κ1) is 20.5. The highest BCUT2D eigenvalue weighted by atomic mass is 32.2. The topological polar surface area (TPSA) is 97.2 Å². The van der Waals surface area contributed by atoms with Crippen LogP contribution in [-0.4, -0.2) is 46.6 Å². The number of benzene rings is 1. The molecule has 158 valence electrons. The third kappa shape index (κ3) is 4.71. The van der Waals surface area contributed by atoms with Gasteiger partial charge in [-0.15, -0.1) is 11.3 Å². The quantitative estimate of drug-likeness (QED) is 0.602. The Hall–Kier alpha value is -2.72. The summed E-state index contributed by atoms with van der Waals surface area (Å²) < 4.78 is 29.3. The van der Waals surface area contributed by atoms with E-state index in [-0.39, 0.29) is 16.8 Å². The summed E-state index contributed by atoms with van der Waals surface area (Å²) in [6.45, 7) is 1.48. The average Bonchev–Trinajstić information content (AvgIpc) is 3.46. The van der Waals surface area contributed by atoms with Gasteiger partial charge < -0.3 is 4.90 Å². The van der Waals surface area contributed by atoms with Crippen molar-refractivity contribution in [3.63, 3.8) is 0 Å². The first-order valence-electron chi connectivity index (χ1n) is 9.84. The highest BCUT2D eigenvalue weighted by Gasteiger charge is 2.27. The zero-order valence-corrected chi connectivity index (χ0v) is 18.0. The molecule has 1 N–H and O–H groups in total. The Morgan fingerprint density at radius 2 is 2.03 bits per heavy atom. The van der Waals surface area contributed by atoms with E-state index in [0.717, 1.165) is 32.2 Å². The van der Waals surface area contributed by atoms with E-state index >= 15 is 0 Å². The molecule has 1 aromatic carbocycles. The fraction of sp³-hybridized carbons (Fsp3) is 0.350. The lowest BCUT2D eigenvalue weighted by molar-refractivity contribution is 0.0594. The SMILES string of the molecule is O=C(c1ccc(S(=O)(=O)Nc2nccs2)cc1)N1CCCCC1CCn1cccn1. The highest BCUT2D eigenvalue weighted by Crippen LogP contribution is 2.24. The average molecular weight is 446 g/mol. The van der Waals surface area contributed by atoms with Gasteiger partial charge in [-0.1, -0.05) is 0 Å². The van der Waals surface area contributed by atoms with Crippen molar-refractivity contribution in [1.29, 1.82) is 0 Å². The molecule has 3 heterocycles. The molecule has 4 rings (SSSR count). The number of hydrogen-bond donors (Lipinski definition) is 1. The Bertz CT molecular complexity index is 1060. The van der Waals surface area contributed by atoms with Crippen molar-refractivity contribution in [2.24, 2.45) is 0 Å². The Balaban J connectivity index is 1.45. The normalized spacial score (nSPS) is 17.1. The number of thiazole rings is 1. The lowest BCUT2D eigenvalue weighted by atomic mass is 9.98. The van der Waals surface area contributed by atoms with Gasteiger partial charge in [0.05, 0.1) is 4.90 Å². The van der Waals surface area contributed by atoms with Gasteiger partial charge in [0.15, 0.2) is 5.13 Å². The van der Waals surface area contributed by atoms with Gasteiger partial charge in [-0.3, -0.25) is 14.2 Å². The maximum atomic E-state index is 13.1. The molecule has 0 spiro atoms. The van der Waals surface area contributed by atoms with Crippen LogP contribution in [0, 0.1) is 0 Å². The third-order valence-electron chi connectivity index (χ3n) is 5.20. The molecule has 1 aliphatic heterocycles. The highest BCUT2D eigenvalue weighted by molar-refractivity contribution is 7.93. The summed E-state index contributed by atoms with van der Waals surface area (Å²) in [5.41, 5.74) is 0.495. The van der Waals surface area contributed by atoms with Crippen LogP contribution in [0.2, 0.25) is 0 Å². The largest absolute Gasteiger partial charge is 0.336 e. The summed E-state index contributed by atoms with van der Waals surface area (Å²) in [7, 11) is -3.73. The Morgan fingerprint density at radius 3 is 2.73 bits per heavy atom. The van der Waals surface area contributed by atoms with Gasteiger partial charge in [-0.2, -0.15) is 5.10 Å². The molecule has 3 aromatic rings. The van der Waals surface area contributed by atoms with Crippen LogP contribution in [0.25, 0.3) is 0 Å². The summed E-state index contributed by atoms with van der Waals surface area (Å²) >= 11 is 1.21. The summed E-state index contributed by atoms with van der Waals surface area (Å²) in [5, 5.41) is 6.24. The summed E-state index contributed by atoms with van der Waals surface area (Å²) in [5.74, 6) is -0.0583. The van der Waals surface area contributed by atoms with Crippen molar-refractivity contribution in [2.75, 3.05) is 11.3 Å². The molecular weight excluding hydrogens is 422 g/mol. The second-order valence-electron chi connectivity index (χ2n) is 7.17. The minimum Gasteiger partial charge on any atom is -0.336 e. The fourth-order valence-corrected chi connectivity index (χ4v) is 5.46. The maximum absolute atomic E-state index is 13.1. The van der Waals surface area contributed by atoms with E-state index in [2.05, 4.69) is 14.8 Å². The molecule has 1 atom stereocenters. The Kier molecular flexibility index (Phi) is 6.14. The van der Waals surface area contributed by atoms with E-state index in [0.29, 0.717) is 17.2 Å². The van der Waals surface area contributed by atoms with Gasteiger partial charge in [-0.05, 0) is 56.0 Å². The van der Waals surface area contributed by atoms with Crippen molar-refractivity contribution in [3.8, 4) is 0 Å². The molecule has 1 saturated heterocycles. The Morgan fingerprint density at radius 1 is 1.20 bits per heavy atom. The number of aryl methyl sites for hydroxylation is 1. The lowest BCUT2D eigenvalue weighted by Crippen LogP contribution is -2.44. The molecule has 2 aromatic heterocycles. The number of carbonyl (C=O) groups excluding carboxylic acids is 1. The van der Waals surface area contributed by atoms with Gasteiger partial charge >= 0.3 is 0 Å². The van der Waals surface area contributed by atoms with E-state index < -0.39 is 10.0 Å². The molecule has 0 aliphatic carbocycles. The second-order valence-corrected chi connectivity index (χ2v) is 9.75. The molecule has 8 nitrogen and oxygen atoms in total. The van der Waals surface area contributed by atoms with Gasteiger partial charge in [-0.25, -0.2) is 13.4 Å². The molecule has 1 aliphatic rings. The zero-order valence-electron chi connectivity index (χ0n) is 16.3. The monoisotopic (exact) mass is 445 g/mol. The molecule has 1 fully saturated rings. The predicted octanol–water partition coefficient (Wildman–Crippen LogP) is 3.23. The van der Waals surface area contributed by atoms with Gasteiger partial charge in [0.2, 0.25) is 0 Å². The number of piperidine rings is 1. The summed E-state index contributed by atoms with van der Waals surface area (Å²) in [4.78, 5) is 19.1. The molecule has 1 unspecified atom stereocenters. The van der Waals surface area contributed by atoms with E-state index in [1.165, 1.54) is 29.7 Å².